The molecule has 4 N–H and O–H groups in total. The van der Waals surface area contributed by atoms with Gasteiger partial charge in [0.15, 0.2) is 0 Å². The number of likely N-dealkylation sites (tertiary alicyclic amines) is 1. The second-order valence-corrected chi connectivity index (χ2v) is 7.33. The van der Waals surface area contributed by atoms with Crippen LogP contribution < -0.4 is 0 Å². The maximum absolute atomic E-state index is 11.4. The van der Waals surface area contributed by atoms with E-state index in [9.17, 15) is 46.1 Å². The summed E-state index contributed by atoms with van der Waals surface area (Å²) < 4.78 is 65.4. The molecule has 1 saturated carbocycles. The molecule has 0 bridgehead atoms. The smallest absolute Gasteiger partial charge is 0.481 e. The first-order valence-corrected chi connectivity index (χ1v) is 9.13. The molecule has 0 spiro atoms. The highest BCUT2D eigenvalue weighted by molar-refractivity contribution is 5.94. The molecule has 0 radical (unpaired) electrons. The predicted molar refractivity (Wildman–Crippen MR) is 95.3 cm³/mol. The van der Waals surface area contributed by atoms with E-state index in [0.29, 0.717) is 6.54 Å². The van der Waals surface area contributed by atoms with Crippen LogP contribution in [0.15, 0.2) is 12.4 Å². The standard InChI is InChI=1S/C13H17N3O4.2C2HF3O2/c1-2-16-4-3-14-9(16)5-15-7-12(10(17)18)6-13(12,8-15)11(19)20;2*3-2(4,5)1(6)7/h3-4H,2,5-8H2,1H3,(H,17,18)(H,19,20);2*(H,6,7)/t12-,13+;;. The van der Waals surface area contributed by atoms with Gasteiger partial charge in [-0.15, -0.1) is 0 Å². The van der Waals surface area contributed by atoms with Gasteiger partial charge in [-0.25, -0.2) is 14.6 Å². The van der Waals surface area contributed by atoms with E-state index in [4.69, 9.17) is 19.8 Å². The number of aromatic nitrogens is 2. The van der Waals surface area contributed by atoms with Crippen LogP contribution in [0, 0.1) is 10.8 Å². The van der Waals surface area contributed by atoms with E-state index in [0.717, 1.165) is 12.4 Å². The Hall–Kier alpha value is -3.37. The summed E-state index contributed by atoms with van der Waals surface area (Å²) >= 11 is 0. The molecule has 2 atom stereocenters. The highest BCUT2D eigenvalue weighted by Crippen LogP contribution is 2.68. The number of rotatable bonds is 5. The van der Waals surface area contributed by atoms with Gasteiger partial charge in [-0.05, 0) is 13.3 Å². The van der Waals surface area contributed by atoms with E-state index < -0.39 is 47.1 Å². The maximum Gasteiger partial charge on any atom is 0.490 e. The number of nitrogens with zero attached hydrogens (tertiary/aromatic N) is 3. The lowest BCUT2D eigenvalue weighted by Gasteiger charge is -2.19. The Bertz CT molecular complexity index is 894. The number of piperidine rings is 1. The van der Waals surface area contributed by atoms with Crippen molar-refractivity contribution in [1.82, 2.24) is 14.5 Å². The zero-order chi connectivity index (χ0) is 26.7. The van der Waals surface area contributed by atoms with Gasteiger partial charge in [0.25, 0.3) is 0 Å². The summed E-state index contributed by atoms with van der Waals surface area (Å²) in [6, 6.07) is 0. The fraction of sp³-hybridized carbons (Fsp3) is 0.588. The van der Waals surface area contributed by atoms with Crippen LogP contribution in [0.3, 0.4) is 0 Å². The molecule has 34 heavy (non-hydrogen) atoms. The van der Waals surface area contributed by atoms with Gasteiger partial charge in [-0.2, -0.15) is 26.3 Å². The van der Waals surface area contributed by atoms with E-state index in [1.165, 1.54) is 0 Å². The molecule has 1 saturated heterocycles. The third-order valence-corrected chi connectivity index (χ3v) is 5.19. The molecule has 1 aliphatic carbocycles. The topological polar surface area (TPSA) is 170 Å². The highest BCUT2D eigenvalue weighted by atomic mass is 19.4. The minimum Gasteiger partial charge on any atom is -0.481 e. The second-order valence-electron chi connectivity index (χ2n) is 7.33. The maximum atomic E-state index is 11.4. The fourth-order valence-electron chi connectivity index (χ4n) is 3.49. The Kier molecular flexibility index (Phi) is 8.31. The normalized spacial score (nSPS) is 23.5. The van der Waals surface area contributed by atoms with Crippen LogP contribution >= 0.6 is 0 Å². The molecule has 0 unspecified atom stereocenters. The number of hydrogen-bond donors (Lipinski definition) is 4. The zero-order valence-corrected chi connectivity index (χ0v) is 17.2. The summed E-state index contributed by atoms with van der Waals surface area (Å²) in [4.78, 5) is 46.8. The molecule has 2 fully saturated rings. The number of carbonyl (C=O) groups is 4. The lowest BCUT2D eigenvalue weighted by Crippen LogP contribution is -2.29. The van der Waals surface area contributed by atoms with Crippen LogP contribution in [0.2, 0.25) is 0 Å². The Labute approximate surface area is 186 Å². The van der Waals surface area contributed by atoms with Crippen LogP contribution in [0.4, 0.5) is 26.3 Å². The lowest BCUT2D eigenvalue weighted by atomic mass is 9.97. The van der Waals surface area contributed by atoms with Crippen molar-refractivity contribution in [3.8, 4) is 0 Å². The number of halogens is 6. The van der Waals surface area contributed by atoms with Gasteiger partial charge < -0.3 is 25.0 Å². The number of imidazole rings is 1. The highest BCUT2D eigenvalue weighted by Gasteiger charge is 2.80. The minimum atomic E-state index is -5.08. The lowest BCUT2D eigenvalue weighted by molar-refractivity contribution is -0.193. The van der Waals surface area contributed by atoms with E-state index in [-0.39, 0.29) is 19.5 Å². The van der Waals surface area contributed by atoms with Crippen molar-refractivity contribution in [2.24, 2.45) is 10.8 Å². The number of alkyl halides is 6. The Balaban J connectivity index is 0.000000343. The van der Waals surface area contributed by atoms with Crippen molar-refractivity contribution in [3.63, 3.8) is 0 Å². The fourth-order valence-corrected chi connectivity index (χ4v) is 3.49. The Morgan fingerprint density at radius 1 is 0.912 bits per heavy atom. The van der Waals surface area contributed by atoms with Crippen molar-refractivity contribution in [2.45, 2.75) is 38.8 Å². The first kappa shape index (κ1) is 28.7. The molecule has 2 heterocycles. The summed E-state index contributed by atoms with van der Waals surface area (Å²) in [5, 5.41) is 33.0. The molecule has 1 aliphatic heterocycles. The number of hydrogen-bond acceptors (Lipinski definition) is 6. The molecule has 3 rings (SSSR count). The SMILES string of the molecule is CCn1ccnc1CN1C[C@@]2(C(=O)O)C[C@@]2(C(=O)O)C1.O=C(O)C(F)(F)F.O=C(O)C(F)(F)F. The molecule has 192 valence electrons. The van der Waals surface area contributed by atoms with Crippen LogP contribution in [0.1, 0.15) is 19.2 Å². The van der Waals surface area contributed by atoms with E-state index >= 15 is 0 Å². The number of fused-ring (bicyclic) bond motifs is 1. The quantitative estimate of drug-likeness (QED) is 0.429. The summed E-state index contributed by atoms with van der Waals surface area (Å²) in [5.41, 5.74) is -2.22. The molecule has 11 nitrogen and oxygen atoms in total. The molecule has 17 heteroatoms. The molecule has 0 amide bonds. The molecule has 1 aromatic rings. The van der Waals surface area contributed by atoms with Crippen LogP contribution in [0.5, 0.6) is 0 Å². The van der Waals surface area contributed by atoms with Gasteiger partial charge in [-0.1, -0.05) is 0 Å². The van der Waals surface area contributed by atoms with E-state index in [2.05, 4.69) is 4.98 Å². The molecule has 2 aliphatic rings. The van der Waals surface area contributed by atoms with Crippen LogP contribution in [-0.4, -0.2) is 84.2 Å². The first-order valence-electron chi connectivity index (χ1n) is 9.13. The molecule has 1 aromatic heterocycles. The van der Waals surface area contributed by atoms with E-state index in [1.54, 1.807) is 6.20 Å². The van der Waals surface area contributed by atoms with Crippen molar-refractivity contribution >= 4 is 23.9 Å². The van der Waals surface area contributed by atoms with Gasteiger partial charge in [0.05, 0.1) is 17.4 Å². The Morgan fingerprint density at radius 3 is 1.59 bits per heavy atom. The number of carboxylic acids is 4. The summed E-state index contributed by atoms with van der Waals surface area (Å²) in [6.07, 6.45) is -6.36. The Morgan fingerprint density at radius 2 is 1.29 bits per heavy atom. The third-order valence-electron chi connectivity index (χ3n) is 5.19. The summed E-state index contributed by atoms with van der Waals surface area (Å²) in [5.74, 6) is -6.67. The average molecular weight is 507 g/mol. The average Bonchev–Trinajstić information content (AvgIpc) is 2.98. The van der Waals surface area contributed by atoms with Crippen molar-refractivity contribution in [1.29, 1.82) is 0 Å². The summed E-state index contributed by atoms with van der Waals surface area (Å²) in [6.45, 7) is 3.85. The van der Waals surface area contributed by atoms with Gasteiger partial charge in [0.1, 0.15) is 5.82 Å². The van der Waals surface area contributed by atoms with Gasteiger partial charge in [0.2, 0.25) is 0 Å². The van der Waals surface area contributed by atoms with Gasteiger partial charge in [-0.3, -0.25) is 14.5 Å². The number of carboxylic acid groups (broad SMARTS) is 4. The largest absolute Gasteiger partial charge is 0.490 e. The molecular formula is C17H19F6N3O8. The van der Waals surface area contributed by atoms with Gasteiger partial charge >= 0.3 is 36.2 Å². The third kappa shape index (κ3) is 6.15. The number of aryl methyl sites for hydroxylation is 1. The minimum absolute atomic E-state index is 0.239. The van der Waals surface area contributed by atoms with Crippen molar-refractivity contribution in [3.05, 3.63) is 18.2 Å². The predicted octanol–water partition coefficient (Wildman–Crippen LogP) is 1.53. The zero-order valence-electron chi connectivity index (χ0n) is 17.2. The summed E-state index contributed by atoms with van der Waals surface area (Å²) in [7, 11) is 0. The van der Waals surface area contributed by atoms with E-state index in [1.807, 2.05) is 22.6 Å². The molecule has 0 aromatic carbocycles. The van der Waals surface area contributed by atoms with Crippen LogP contribution in [0.25, 0.3) is 0 Å². The van der Waals surface area contributed by atoms with Crippen molar-refractivity contribution in [2.75, 3.05) is 13.1 Å². The first-order chi connectivity index (χ1) is 15.3. The number of aliphatic carboxylic acids is 4. The van der Waals surface area contributed by atoms with Crippen LogP contribution in [-0.2, 0) is 32.3 Å². The molecular weight excluding hydrogens is 488 g/mol. The van der Waals surface area contributed by atoms with Crippen molar-refractivity contribution < 1.29 is 65.9 Å². The monoisotopic (exact) mass is 507 g/mol. The van der Waals surface area contributed by atoms with Gasteiger partial charge in [0, 0.05) is 32.0 Å². The second kappa shape index (κ2) is 9.86.